The number of hydrogen-bond donors (Lipinski definition) is 1. The number of aromatic nitrogens is 2. The normalized spacial score (nSPS) is 12.3. The SMILES string of the molecule is Cc1cc2nc(-c3cccc(N)c3)n(CC(C)C#N)c2cc1C. The van der Waals surface area contributed by atoms with Crippen molar-refractivity contribution in [1.82, 2.24) is 9.55 Å². The molecule has 0 spiro atoms. The molecule has 0 fully saturated rings. The molecule has 2 aromatic carbocycles. The Kier molecular flexibility index (Phi) is 3.79. The summed E-state index contributed by atoms with van der Waals surface area (Å²) < 4.78 is 2.13. The van der Waals surface area contributed by atoms with Crippen molar-refractivity contribution in [2.75, 3.05) is 5.73 Å². The monoisotopic (exact) mass is 304 g/mol. The number of benzene rings is 2. The molecule has 4 nitrogen and oxygen atoms in total. The molecule has 23 heavy (non-hydrogen) atoms. The number of anilines is 1. The summed E-state index contributed by atoms with van der Waals surface area (Å²) in [6.07, 6.45) is 0. The molecule has 2 N–H and O–H groups in total. The van der Waals surface area contributed by atoms with Gasteiger partial charge in [0.2, 0.25) is 0 Å². The molecule has 0 amide bonds. The zero-order valence-corrected chi connectivity index (χ0v) is 13.7. The van der Waals surface area contributed by atoms with Gasteiger partial charge in [0.25, 0.3) is 0 Å². The molecule has 0 saturated heterocycles. The van der Waals surface area contributed by atoms with E-state index < -0.39 is 0 Å². The first kappa shape index (κ1) is 15.1. The van der Waals surface area contributed by atoms with E-state index in [2.05, 4.69) is 36.6 Å². The Balaban J connectivity index is 2.27. The fourth-order valence-electron chi connectivity index (χ4n) is 2.78. The average molecular weight is 304 g/mol. The highest BCUT2D eigenvalue weighted by molar-refractivity contribution is 5.82. The Morgan fingerprint density at radius 2 is 1.96 bits per heavy atom. The number of nitrogens with two attached hydrogens (primary N) is 1. The van der Waals surface area contributed by atoms with E-state index in [4.69, 9.17) is 10.7 Å². The van der Waals surface area contributed by atoms with Crippen LogP contribution in [0.2, 0.25) is 0 Å². The summed E-state index contributed by atoms with van der Waals surface area (Å²) in [5.41, 5.74) is 12.1. The topological polar surface area (TPSA) is 67.6 Å². The Bertz CT molecular complexity index is 915. The van der Waals surface area contributed by atoms with Crippen LogP contribution in [0.5, 0.6) is 0 Å². The second-order valence-electron chi connectivity index (χ2n) is 6.13. The van der Waals surface area contributed by atoms with Gasteiger partial charge in [-0.1, -0.05) is 12.1 Å². The van der Waals surface area contributed by atoms with E-state index in [0.717, 1.165) is 22.4 Å². The standard InChI is InChI=1S/C19H20N4/c1-12(10-20)11-23-18-8-14(3)13(2)7-17(18)22-19(23)15-5-4-6-16(21)9-15/h4-9,12H,11,21H2,1-3H3. The molecule has 4 heteroatoms. The first-order valence-electron chi connectivity index (χ1n) is 7.72. The van der Waals surface area contributed by atoms with Gasteiger partial charge in [-0.3, -0.25) is 0 Å². The molecular formula is C19H20N4. The van der Waals surface area contributed by atoms with E-state index in [-0.39, 0.29) is 5.92 Å². The number of fused-ring (bicyclic) bond motifs is 1. The van der Waals surface area contributed by atoms with Gasteiger partial charge in [0, 0.05) is 17.8 Å². The van der Waals surface area contributed by atoms with Crippen molar-refractivity contribution in [3.8, 4) is 17.5 Å². The molecule has 1 atom stereocenters. The third kappa shape index (κ3) is 2.78. The number of rotatable bonds is 3. The summed E-state index contributed by atoms with van der Waals surface area (Å²) in [6.45, 7) is 6.72. The molecule has 1 unspecified atom stereocenters. The minimum atomic E-state index is -0.0891. The Morgan fingerprint density at radius 1 is 1.22 bits per heavy atom. The molecule has 3 aromatic rings. The van der Waals surface area contributed by atoms with Crippen LogP contribution in [0.4, 0.5) is 5.69 Å². The molecular weight excluding hydrogens is 284 g/mol. The molecule has 0 aliphatic carbocycles. The van der Waals surface area contributed by atoms with E-state index in [0.29, 0.717) is 12.2 Å². The van der Waals surface area contributed by atoms with Crippen LogP contribution >= 0.6 is 0 Å². The number of aryl methyl sites for hydroxylation is 2. The zero-order valence-electron chi connectivity index (χ0n) is 13.7. The molecule has 3 rings (SSSR count). The van der Waals surface area contributed by atoms with Gasteiger partial charge in [-0.2, -0.15) is 5.26 Å². The van der Waals surface area contributed by atoms with Crippen LogP contribution in [0.25, 0.3) is 22.4 Å². The highest BCUT2D eigenvalue weighted by Crippen LogP contribution is 2.28. The van der Waals surface area contributed by atoms with Crippen LogP contribution < -0.4 is 5.73 Å². The first-order chi connectivity index (χ1) is 11.0. The van der Waals surface area contributed by atoms with Crippen molar-refractivity contribution in [1.29, 1.82) is 5.26 Å². The Morgan fingerprint density at radius 3 is 2.65 bits per heavy atom. The van der Waals surface area contributed by atoms with Crippen molar-refractivity contribution in [3.63, 3.8) is 0 Å². The first-order valence-corrected chi connectivity index (χ1v) is 7.72. The van der Waals surface area contributed by atoms with Crippen LogP contribution in [-0.4, -0.2) is 9.55 Å². The van der Waals surface area contributed by atoms with Gasteiger partial charge in [0.1, 0.15) is 5.82 Å². The summed E-state index contributed by atoms with van der Waals surface area (Å²) in [5, 5.41) is 9.21. The average Bonchev–Trinajstić information content (AvgIpc) is 2.85. The molecule has 116 valence electrons. The van der Waals surface area contributed by atoms with Gasteiger partial charge in [-0.05, 0) is 56.2 Å². The summed E-state index contributed by atoms with van der Waals surface area (Å²) in [6, 6.07) is 14.3. The lowest BCUT2D eigenvalue weighted by atomic mass is 10.1. The summed E-state index contributed by atoms with van der Waals surface area (Å²) >= 11 is 0. The van der Waals surface area contributed by atoms with Gasteiger partial charge in [-0.15, -0.1) is 0 Å². The van der Waals surface area contributed by atoms with Crippen LogP contribution in [-0.2, 0) is 6.54 Å². The van der Waals surface area contributed by atoms with Crippen LogP contribution in [0.1, 0.15) is 18.1 Å². The van der Waals surface area contributed by atoms with E-state index in [9.17, 15) is 5.26 Å². The van der Waals surface area contributed by atoms with E-state index in [1.54, 1.807) is 0 Å². The van der Waals surface area contributed by atoms with Crippen LogP contribution in [0.15, 0.2) is 36.4 Å². The van der Waals surface area contributed by atoms with Crippen molar-refractivity contribution in [2.24, 2.45) is 5.92 Å². The number of hydrogen-bond acceptors (Lipinski definition) is 3. The van der Waals surface area contributed by atoms with E-state index >= 15 is 0 Å². The maximum absolute atomic E-state index is 9.21. The van der Waals surface area contributed by atoms with Gasteiger partial charge < -0.3 is 10.3 Å². The minimum absolute atomic E-state index is 0.0891. The predicted octanol–water partition coefficient (Wildman–Crippen LogP) is 4.06. The maximum Gasteiger partial charge on any atom is 0.141 e. The van der Waals surface area contributed by atoms with Crippen molar-refractivity contribution in [3.05, 3.63) is 47.5 Å². The molecule has 1 aromatic heterocycles. The highest BCUT2D eigenvalue weighted by atomic mass is 15.1. The maximum atomic E-state index is 9.21. The van der Waals surface area contributed by atoms with E-state index in [1.165, 1.54) is 11.1 Å². The minimum Gasteiger partial charge on any atom is -0.399 e. The number of nitrogens with zero attached hydrogens (tertiary/aromatic N) is 3. The third-order valence-corrected chi connectivity index (χ3v) is 4.19. The summed E-state index contributed by atoms with van der Waals surface area (Å²) in [5.74, 6) is 0.771. The predicted molar refractivity (Wildman–Crippen MR) is 93.8 cm³/mol. The van der Waals surface area contributed by atoms with Crippen LogP contribution in [0, 0.1) is 31.1 Å². The smallest absolute Gasteiger partial charge is 0.141 e. The number of nitrogen functional groups attached to an aromatic ring is 1. The lowest BCUT2D eigenvalue weighted by Gasteiger charge is -2.11. The van der Waals surface area contributed by atoms with Gasteiger partial charge >= 0.3 is 0 Å². The highest BCUT2D eigenvalue weighted by Gasteiger charge is 2.16. The fourth-order valence-corrected chi connectivity index (χ4v) is 2.78. The van der Waals surface area contributed by atoms with Crippen molar-refractivity contribution < 1.29 is 0 Å². The fraction of sp³-hybridized carbons (Fsp3) is 0.263. The third-order valence-electron chi connectivity index (χ3n) is 4.19. The molecule has 0 aliphatic rings. The molecule has 1 heterocycles. The number of nitriles is 1. The van der Waals surface area contributed by atoms with Gasteiger partial charge in [0.05, 0.1) is 23.0 Å². The largest absolute Gasteiger partial charge is 0.399 e. The second kappa shape index (κ2) is 5.77. The van der Waals surface area contributed by atoms with E-state index in [1.807, 2.05) is 31.2 Å². The summed E-state index contributed by atoms with van der Waals surface area (Å²) in [7, 11) is 0. The second-order valence-corrected chi connectivity index (χ2v) is 6.13. The van der Waals surface area contributed by atoms with Crippen LogP contribution in [0.3, 0.4) is 0 Å². The molecule has 0 radical (unpaired) electrons. The molecule has 0 saturated carbocycles. The number of imidazole rings is 1. The Labute approximate surface area is 136 Å². The zero-order chi connectivity index (χ0) is 16.6. The lowest BCUT2D eigenvalue weighted by molar-refractivity contribution is 0.597. The van der Waals surface area contributed by atoms with Crippen molar-refractivity contribution in [2.45, 2.75) is 27.3 Å². The lowest BCUT2D eigenvalue weighted by Crippen LogP contribution is -2.07. The van der Waals surface area contributed by atoms with Gasteiger partial charge in [0.15, 0.2) is 0 Å². The van der Waals surface area contributed by atoms with Gasteiger partial charge in [-0.25, -0.2) is 4.98 Å². The quantitative estimate of drug-likeness (QED) is 0.742. The van der Waals surface area contributed by atoms with Crippen molar-refractivity contribution >= 4 is 16.7 Å². The molecule has 0 aliphatic heterocycles. The molecule has 0 bridgehead atoms. The summed E-state index contributed by atoms with van der Waals surface area (Å²) in [4.78, 5) is 4.81. The Hall–Kier alpha value is -2.80.